The van der Waals surface area contributed by atoms with E-state index in [0.29, 0.717) is 18.1 Å². The number of aromatic nitrogens is 3. The highest BCUT2D eigenvalue weighted by atomic mass is 32.1. The molecule has 0 saturated carbocycles. The Kier molecular flexibility index (Phi) is 5.56. The molecule has 0 aliphatic heterocycles. The Bertz CT molecular complexity index is 1370. The molecule has 7 heteroatoms. The number of hydrogen-bond acceptors (Lipinski definition) is 7. The standard InChI is InChI=1S/C25H22N4O2S/c1-3-16-7-6-8-17(11-16)28-25-18-12-22(21(30-2)13-20(18)26-15-27-25)31-14-24-29-19-9-4-5-10-23(19)32-24/h4-13,15H,3,14H2,1-2H3,(H,26,27,28). The molecule has 32 heavy (non-hydrogen) atoms. The number of rotatable bonds is 7. The summed E-state index contributed by atoms with van der Waals surface area (Å²) in [5.74, 6) is 1.96. The molecule has 0 aliphatic carbocycles. The molecular formula is C25H22N4O2S. The van der Waals surface area contributed by atoms with E-state index in [4.69, 9.17) is 9.47 Å². The Hall–Kier alpha value is -3.71. The van der Waals surface area contributed by atoms with Gasteiger partial charge in [-0.2, -0.15) is 0 Å². The summed E-state index contributed by atoms with van der Waals surface area (Å²) in [6.07, 6.45) is 2.52. The zero-order valence-corrected chi connectivity index (χ0v) is 18.6. The van der Waals surface area contributed by atoms with Crippen molar-refractivity contribution in [1.82, 2.24) is 15.0 Å². The molecule has 3 aromatic carbocycles. The van der Waals surface area contributed by atoms with Crippen molar-refractivity contribution in [3.8, 4) is 11.5 Å². The number of methoxy groups -OCH3 is 1. The van der Waals surface area contributed by atoms with Crippen molar-refractivity contribution >= 4 is 44.0 Å². The van der Waals surface area contributed by atoms with Gasteiger partial charge in [0.05, 0.1) is 22.8 Å². The van der Waals surface area contributed by atoms with Gasteiger partial charge in [0.2, 0.25) is 0 Å². The van der Waals surface area contributed by atoms with Gasteiger partial charge in [0.25, 0.3) is 0 Å². The number of aryl methyl sites for hydroxylation is 1. The summed E-state index contributed by atoms with van der Waals surface area (Å²) in [6.45, 7) is 2.50. The molecule has 6 nitrogen and oxygen atoms in total. The molecule has 2 aromatic heterocycles. The number of hydrogen-bond donors (Lipinski definition) is 1. The first kappa shape index (κ1) is 20.2. The minimum absolute atomic E-state index is 0.357. The predicted octanol–water partition coefficient (Wildman–Crippen LogP) is 6.13. The summed E-state index contributed by atoms with van der Waals surface area (Å²) in [5.41, 5.74) is 4.00. The quantitative estimate of drug-likeness (QED) is 0.327. The molecule has 5 rings (SSSR count). The van der Waals surface area contributed by atoms with Crippen LogP contribution >= 0.6 is 11.3 Å². The third-order valence-corrected chi connectivity index (χ3v) is 6.22. The molecule has 5 aromatic rings. The molecule has 160 valence electrons. The van der Waals surface area contributed by atoms with E-state index < -0.39 is 0 Å². The van der Waals surface area contributed by atoms with Crippen LogP contribution in [0.1, 0.15) is 17.5 Å². The molecule has 0 aliphatic rings. The van der Waals surface area contributed by atoms with Crippen LogP contribution in [-0.4, -0.2) is 22.1 Å². The maximum Gasteiger partial charge on any atom is 0.162 e. The highest BCUT2D eigenvalue weighted by Crippen LogP contribution is 2.35. The third-order valence-electron chi connectivity index (χ3n) is 5.21. The minimum atomic E-state index is 0.357. The van der Waals surface area contributed by atoms with Gasteiger partial charge in [-0.25, -0.2) is 15.0 Å². The smallest absolute Gasteiger partial charge is 0.162 e. The molecule has 0 radical (unpaired) electrons. The van der Waals surface area contributed by atoms with E-state index in [9.17, 15) is 0 Å². The van der Waals surface area contributed by atoms with Gasteiger partial charge in [-0.3, -0.25) is 0 Å². The fraction of sp³-hybridized carbons (Fsp3) is 0.160. The van der Waals surface area contributed by atoms with Crippen LogP contribution in [0.3, 0.4) is 0 Å². The Labute approximate surface area is 189 Å². The Balaban J connectivity index is 1.47. The summed E-state index contributed by atoms with van der Waals surface area (Å²) in [5, 5.41) is 5.19. The summed E-state index contributed by atoms with van der Waals surface area (Å²) in [4.78, 5) is 13.5. The highest BCUT2D eigenvalue weighted by Gasteiger charge is 2.13. The maximum absolute atomic E-state index is 6.13. The second kappa shape index (κ2) is 8.80. The molecule has 0 saturated heterocycles. The number of para-hydroxylation sites is 1. The van der Waals surface area contributed by atoms with Crippen molar-refractivity contribution in [2.75, 3.05) is 12.4 Å². The molecule has 0 atom stereocenters. The van der Waals surface area contributed by atoms with Gasteiger partial charge in [-0.05, 0) is 42.3 Å². The molecule has 0 unspecified atom stereocenters. The monoisotopic (exact) mass is 442 g/mol. The summed E-state index contributed by atoms with van der Waals surface area (Å²) >= 11 is 1.63. The van der Waals surface area contributed by atoms with Crippen LogP contribution < -0.4 is 14.8 Å². The molecule has 0 amide bonds. The SMILES string of the molecule is CCc1cccc(Nc2ncnc3cc(OC)c(OCc4nc5ccccc5s4)cc23)c1. The summed E-state index contributed by atoms with van der Waals surface area (Å²) in [6, 6.07) is 20.2. The third kappa shape index (κ3) is 4.07. The molecule has 1 N–H and O–H groups in total. The van der Waals surface area contributed by atoms with Crippen LogP contribution in [0.15, 0.2) is 67.0 Å². The molecule has 0 fully saturated rings. The van der Waals surface area contributed by atoms with E-state index in [-0.39, 0.29) is 0 Å². The van der Waals surface area contributed by atoms with Gasteiger partial charge < -0.3 is 14.8 Å². The zero-order chi connectivity index (χ0) is 21.9. The van der Waals surface area contributed by atoms with Gasteiger partial charge in [0, 0.05) is 17.1 Å². The average molecular weight is 443 g/mol. The van der Waals surface area contributed by atoms with E-state index >= 15 is 0 Å². The fourth-order valence-electron chi connectivity index (χ4n) is 3.56. The Morgan fingerprint density at radius 3 is 2.69 bits per heavy atom. The number of ether oxygens (including phenoxy) is 2. The van der Waals surface area contributed by atoms with Crippen molar-refractivity contribution in [1.29, 1.82) is 0 Å². The van der Waals surface area contributed by atoms with Gasteiger partial charge in [-0.1, -0.05) is 31.2 Å². The first-order chi connectivity index (χ1) is 15.7. The first-order valence-corrected chi connectivity index (χ1v) is 11.2. The predicted molar refractivity (Wildman–Crippen MR) is 129 cm³/mol. The largest absolute Gasteiger partial charge is 0.493 e. The minimum Gasteiger partial charge on any atom is -0.493 e. The van der Waals surface area contributed by atoms with Crippen molar-refractivity contribution < 1.29 is 9.47 Å². The lowest BCUT2D eigenvalue weighted by Gasteiger charge is -2.13. The summed E-state index contributed by atoms with van der Waals surface area (Å²) in [7, 11) is 1.63. The lowest BCUT2D eigenvalue weighted by Crippen LogP contribution is -2.00. The Morgan fingerprint density at radius 2 is 1.84 bits per heavy atom. The molecule has 2 heterocycles. The van der Waals surface area contributed by atoms with Crippen molar-refractivity contribution in [2.45, 2.75) is 20.0 Å². The molecule has 0 bridgehead atoms. The van der Waals surface area contributed by atoms with E-state index in [0.717, 1.165) is 44.1 Å². The first-order valence-electron chi connectivity index (χ1n) is 10.4. The van der Waals surface area contributed by atoms with Crippen LogP contribution in [-0.2, 0) is 13.0 Å². The lowest BCUT2D eigenvalue weighted by atomic mass is 10.1. The van der Waals surface area contributed by atoms with Crippen molar-refractivity contribution in [3.05, 3.63) is 77.6 Å². The van der Waals surface area contributed by atoms with Crippen LogP contribution in [0, 0.1) is 0 Å². The van der Waals surface area contributed by atoms with Crippen LogP contribution in [0.5, 0.6) is 11.5 Å². The second-order valence-electron chi connectivity index (χ2n) is 7.29. The fourth-order valence-corrected chi connectivity index (χ4v) is 4.44. The van der Waals surface area contributed by atoms with Crippen LogP contribution in [0.4, 0.5) is 11.5 Å². The molecule has 0 spiro atoms. The van der Waals surface area contributed by atoms with Gasteiger partial charge in [0.1, 0.15) is 23.8 Å². The topological polar surface area (TPSA) is 69.2 Å². The second-order valence-corrected chi connectivity index (χ2v) is 8.40. The van der Waals surface area contributed by atoms with Gasteiger partial charge in [0.15, 0.2) is 11.5 Å². The summed E-state index contributed by atoms with van der Waals surface area (Å²) < 4.78 is 12.8. The highest BCUT2D eigenvalue weighted by molar-refractivity contribution is 7.18. The number of anilines is 2. The van der Waals surface area contributed by atoms with Gasteiger partial charge in [-0.15, -0.1) is 11.3 Å². The molecular weight excluding hydrogens is 420 g/mol. The van der Waals surface area contributed by atoms with E-state index in [2.05, 4.69) is 45.4 Å². The number of thiazole rings is 1. The van der Waals surface area contributed by atoms with E-state index in [1.165, 1.54) is 5.56 Å². The van der Waals surface area contributed by atoms with Crippen molar-refractivity contribution in [3.63, 3.8) is 0 Å². The lowest BCUT2D eigenvalue weighted by molar-refractivity contribution is 0.285. The number of fused-ring (bicyclic) bond motifs is 2. The normalized spacial score (nSPS) is 11.1. The van der Waals surface area contributed by atoms with Crippen molar-refractivity contribution in [2.24, 2.45) is 0 Å². The Morgan fingerprint density at radius 1 is 0.938 bits per heavy atom. The zero-order valence-electron chi connectivity index (χ0n) is 17.8. The maximum atomic E-state index is 6.13. The van der Waals surface area contributed by atoms with E-state index in [1.807, 2.05) is 42.5 Å². The van der Waals surface area contributed by atoms with Crippen LogP contribution in [0.2, 0.25) is 0 Å². The van der Waals surface area contributed by atoms with E-state index in [1.54, 1.807) is 24.8 Å². The number of nitrogens with one attached hydrogen (secondary N) is 1. The average Bonchev–Trinajstić information content (AvgIpc) is 3.25. The number of nitrogens with zero attached hydrogens (tertiary/aromatic N) is 3. The number of benzene rings is 3. The van der Waals surface area contributed by atoms with Gasteiger partial charge >= 0.3 is 0 Å². The van der Waals surface area contributed by atoms with Crippen LogP contribution in [0.25, 0.3) is 21.1 Å².